The van der Waals surface area contributed by atoms with Crippen LogP contribution >= 0.6 is 0 Å². The lowest BCUT2D eigenvalue weighted by Gasteiger charge is -2.19. The topological polar surface area (TPSA) is 35.5 Å². The third-order valence-electron chi connectivity index (χ3n) is 2.32. The fraction of sp³-hybridized carbons (Fsp3) is 0.500. The van der Waals surface area contributed by atoms with Gasteiger partial charge in [-0.3, -0.25) is 0 Å². The van der Waals surface area contributed by atoms with Crippen molar-refractivity contribution in [1.29, 1.82) is 0 Å². The number of carbonyl (C=O) groups is 1. The summed E-state index contributed by atoms with van der Waals surface area (Å²) in [4.78, 5) is 11.5. The molecular weight excluding hydrogens is 216 g/mol. The fourth-order valence-corrected chi connectivity index (χ4v) is 1.39. The monoisotopic (exact) mass is 236 g/mol. The van der Waals surface area contributed by atoms with Gasteiger partial charge in [-0.15, -0.1) is 0 Å². The van der Waals surface area contributed by atoms with E-state index in [1.54, 1.807) is 0 Å². The van der Waals surface area contributed by atoms with Crippen LogP contribution in [0.5, 0.6) is 5.75 Å². The first kappa shape index (κ1) is 13.6. The molecule has 1 aromatic carbocycles. The minimum atomic E-state index is -0.470. The van der Waals surface area contributed by atoms with Gasteiger partial charge in [0.2, 0.25) is 0 Å². The zero-order valence-electron chi connectivity index (χ0n) is 11.2. The van der Waals surface area contributed by atoms with Gasteiger partial charge in [-0.1, -0.05) is 12.1 Å². The number of hydrogen-bond acceptors (Lipinski definition) is 3. The predicted molar refractivity (Wildman–Crippen MR) is 67.3 cm³/mol. The van der Waals surface area contributed by atoms with E-state index in [1.165, 1.54) is 0 Å². The molecule has 0 aliphatic carbocycles. The Balaban J connectivity index is 2.56. The van der Waals surface area contributed by atoms with Crippen molar-refractivity contribution in [2.75, 3.05) is 6.61 Å². The Kier molecular flexibility index (Phi) is 4.16. The molecule has 17 heavy (non-hydrogen) atoms. The first-order valence-electron chi connectivity index (χ1n) is 5.70. The third-order valence-corrected chi connectivity index (χ3v) is 2.32. The number of aryl methyl sites for hydroxylation is 1. The van der Waals surface area contributed by atoms with Crippen molar-refractivity contribution < 1.29 is 14.3 Å². The summed E-state index contributed by atoms with van der Waals surface area (Å²) < 4.78 is 10.6. The highest BCUT2D eigenvalue weighted by molar-refractivity contribution is 5.71. The van der Waals surface area contributed by atoms with Gasteiger partial charge in [0.25, 0.3) is 0 Å². The first-order chi connectivity index (χ1) is 7.79. The van der Waals surface area contributed by atoms with Gasteiger partial charge in [-0.05, 0) is 51.8 Å². The van der Waals surface area contributed by atoms with Gasteiger partial charge in [0, 0.05) is 0 Å². The molecule has 0 fully saturated rings. The van der Waals surface area contributed by atoms with Crippen LogP contribution in [0.2, 0.25) is 0 Å². The molecule has 0 saturated heterocycles. The Bertz CT molecular complexity index is 402. The maximum Gasteiger partial charge on any atom is 0.344 e. The van der Waals surface area contributed by atoms with Gasteiger partial charge >= 0.3 is 5.97 Å². The van der Waals surface area contributed by atoms with Crippen LogP contribution in [0.4, 0.5) is 0 Å². The van der Waals surface area contributed by atoms with E-state index in [4.69, 9.17) is 9.47 Å². The second-order valence-electron chi connectivity index (χ2n) is 5.07. The highest BCUT2D eigenvalue weighted by Crippen LogP contribution is 2.20. The highest BCUT2D eigenvalue weighted by Gasteiger charge is 2.16. The zero-order chi connectivity index (χ0) is 13.1. The number of esters is 1. The lowest BCUT2D eigenvalue weighted by molar-refractivity contribution is -0.157. The van der Waals surface area contributed by atoms with Crippen LogP contribution in [-0.4, -0.2) is 18.2 Å². The molecule has 0 atom stereocenters. The molecule has 0 heterocycles. The van der Waals surface area contributed by atoms with Gasteiger partial charge in [0.05, 0.1) is 0 Å². The van der Waals surface area contributed by atoms with Crippen LogP contribution in [-0.2, 0) is 9.53 Å². The summed E-state index contributed by atoms with van der Waals surface area (Å²) in [6.45, 7) is 9.44. The number of hydrogen-bond donors (Lipinski definition) is 0. The molecule has 3 heteroatoms. The molecule has 0 aliphatic rings. The largest absolute Gasteiger partial charge is 0.482 e. The van der Waals surface area contributed by atoms with E-state index in [2.05, 4.69) is 0 Å². The van der Waals surface area contributed by atoms with Crippen LogP contribution in [0.25, 0.3) is 0 Å². The summed E-state index contributed by atoms with van der Waals surface area (Å²) in [5, 5.41) is 0. The molecule has 0 spiro atoms. The minimum absolute atomic E-state index is 0.0540. The van der Waals surface area contributed by atoms with E-state index in [9.17, 15) is 4.79 Å². The van der Waals surface area contributed by atoms with Crippen LogP contribution < -0.4 is 4.74 Å². The van der Waals surface area contributed by atoms with E-state index in [1.807, 2.05) is 52.8 Å². The van der Waals surface area contributed by atoms with Crippen molar-refractivity contribution in [3.63, 3.8) is 0 Å². The third kappa shape index (κ3) is 4.47. The van der Waals surface area contributed by atoms with Crippen molar-refractivity contribution in [1.82, 2.24) is 0 Å². The van der Waals surface area contributed by atoms with Gasteiger partial charge < -0.3 is 9.47 Å². The van der Waals surface area contributed by atoms with Gasteiger partial charge in [0.1, 0.15) is 11.4 Å². The Morgan fingerprint density at radius 3 is 2.47 bits per heavy atom. The summed E-state index contributed by atoms with van der Waals surface area (Å²) in [6, 6.07) is 5.77. The van der Waals surface area contributed by atoms with Crippen LogP contribution in [0.3, 0.4) is 0 Å². The fourth-order valence-electron chi connectivity index (χ4n) is 1.39. The Hall–Kier alpha value is -1.51. The summed E-state index contributed by atoms with van der Waals surface area (Å²) in [7, 11) is 0. The minimum Gasteiger partial charge on any atom is -0.482 e. The molecule has 0 aliphatic heterocycles. The number of carbonyl (C=O) groups excluding carboxylic acids is 1. The molecule has 0 unspecified atom stereocenters. The van der Waals surface area contributed by atoms with Crippen LogP contribution in [0.15, 0.2) is 18.2 Å². The van der Waals surface area contributed by atoms with E-state index < -0.39 is 5.60 Å². The Morgan fingerprint density at radius 2 is 1.88 bits per heavy atom. The van der Waals surface area contributed by atoms with E-state index in [0.717, 1.165) is 16.9 Å². The molecule has 94 valence electrons. The van der Waals surface area contributed by atoms with E-state index in [0.29, 0.717) is 0 Å². The second-order valence-corrected chi connectivity index (χ2v) is 5.07. The molecule has 3 nitrogen and oxygen atoms in total. The SMILES string of the molecule is Cc1cccc(OCC(=O)OC(C)(C)C)c1C. The Morgan fingerprint density at radius 1 is 1.24 bits per heavy atom. The van der Waals surface area contributed by atoms with Crippen molar-refractivity contribution >= 4 is 5.97 Å². The summed E-state index contributed by atoms with van der Waals surface area (Å²) in [5.74, 6) is 0.384. The lowest BCUT2D eigenvalue weighted by Crippen LogP contribution is -2.27. The van der Waals surface area contributed by atoms with Crippen molar-refractivity contribution in [2.24, 2.45) is 0 Å². The highest BCUT2D eigenvalue weighted by atomic mass is 16.6. The van der Waals surface area contributed by atoms with Gasteiger partial charge in [-0.25, -0.2) is 4.79 Å². The number of benzene rings is 1. The van der Waals surface area contributed by atoms with Crippen LogP contribution in [0, 0.1) is 13.8 Å². The van der Waals surface area contributed by atoms with Gasteiger partial charge in [-0.2, -0.15) is 0 Å². The number of ether oxygens (including phenoxy) is 2. The molecule has 0 aromatic heterocycles. The summed E-state index contributed by atoms with van der Waals surface area (Å²) in [6.07, 6.45) is 0. The first-order valence-corrected chi connectivity index (χ1v) is 5.70. The maximum absolute atomic E-state index is 11.5. The molecule has 0 bridgehead atoms. The lowest BCUT2D eigenvalue weighted by atomic mass is 10.1. The molecule has 0 amide bonds. The van der Waals surface area contributed by atoms with Crippen molar-refractivity contribution in [2.45, 2.75) is 40.2 Å². The molecular formula is C14H20O3. The Labute approximate surface area is 103 Å². The second kappa shape index (κ2) is 5.21. The summed E-state index contributed by atoms with van der Waals surface area (Å²) in [5.41, 5.74) is 1.73. The molecule has 0 radical (unpaired) electrons. The number of rotatable bonds is 3. The quantitative estimate of drug-likeness (QED) is 0.757. The standard InChI is InChI=1S/C14H20O3/c1-10-7-6-8-12(11(10)2)16-9-13(15)17-14(3,4)5/h6-8H,9H2,1-5H3. The molecule has 1 aromatic rings. The van der Waals surface area contributed by atoms with Crippen molar-refractivity contribution in [3.8, 4) is 5.75 Å². The van der Waals surface area contributed by atoms with Crippen molar-refractivity contribution in [3.05, 3.63) is 29.3 Å². The van der Waals surface area contributed by atoms with E-state index >= 15 is 0 Å². The van der Waals surface area contributed by atoms with E-state index in [-0.39, 0.29) is 12.6 Å². The van der Waals surface area contributed by atoms with Crippen LogP contribution in [0.1, 0.15) is 31.9 Å². The predicted octanol–water partition coefficient (Wildman–Crippen LogP) is 3.02. The van der Waals surface area contributed by atoms with Gasteiger partial charge in [0.15, 0.2) is 6.61 Å². The molecule has 0 N–H and O–H groups in total. The smallest absolute Gasteiger partial charge is 0.344 e. The maximum atomic E-state index is 11.5. The normalized spacial score (nSPS) is 11.1. The summed E-state index contributed by atoms with van der Waals surface area (Å²) >= 11 is 0. The molecule has 0 saturated carbocycles. The average molecular weight is 236 g/mol. The zero-order valence-corrected chi connectivity index (χ0v) is 11.2. The average Bonchev–Trinajstić information content (AvgIpc) is 2.18. The molecule has 1 rings (SSSR count).